The lowest BCUT2D eigenvalue weighted by Crippen LogP contribution is -2.69. The van der Waals surface area contributed by atoms with Gasteiger partial charge < -0.3 is 15.2 Å². The summed E-state index contributed by atoms with van der Waals surface area (Å²) in [5, 5.41) is 12.1. The summed E-state index contributed by atoms with van der Waals surface area (Å²) in [6.45, 7) is 3.09. The molecule has 1 rings (SSSR count). The van der Waals surface area contributed by atoms with Gasteiger partial charge in [-0.05, 0) is 13.8 Å². The van der Waals surface area contributed by atoms with Crippen molar-refractivity contribution in [1.82, 2.24) is 16.2 Å². The molecule has 0 saturated carbocycles. The maximum atomic E-state index is 13.0. The van der Waals surface area contributed by atoms with E-state index < -0.39 is 41.1 Å². The average Bonchev–Trinajstić information content (AvgIpc) is 2.31. The molecule has 0 aromatic carbocycles. The Hall–Kier alpha value is -1.81. The van der Waals surface area contributed by atoms with Crippen LogP contribution in [0.3, 0.4) is 0 Å². The van der Waals surface area contributed by atoms with E-state index in [9.17, 15) is 27.9 Å². The van der Waals surface area contributed by atoms with Crippen molar-refractivity contribution in [3.8, 4) is 0 Å². The first-order chi connectivity index (χ1) is 9.04. The molecule has 0 fully saturated rings. The Bertz CT molecular complexity index is 461. The highest BCUT2D eigenvalue weighted by Crippen LogP contribution is 2.36. The van der Waals surface area contributed by atoms with Crippen LogP contribution < -0.4 is 16.2 Å². The average molecular weight is 297 g/mol. The molecule has 0 aromatic rings. The first-order valence-corrected chi connectivity index (χ1v) is 5.50. The molecule has 0 bridgehead atoms. The van der Waals surface area contributed by atoms with Gasteiger partial charge in [-0.25, -0.2) is 4.79 Å². The van der Waals surface area contributed by atoms with Gasteiger partial charge in [0.25, 0.3) is 11.6 Å². The lowest BCUT2D eigenvalue weighted by Gasteiger charge is -2.37. The third-order valence-electron chi connectivity index (χ3n) is 2.43. The zero-order valence-corrected chi connectivity index (χ0v) is 10.9. The van der Waals surface area contributed by atoms with Crippen LogP contribution in [0.4, 0.5) is 13.2 Å². The molecule has 0 saturated heterocycles. The van der Waals surface area contributed by atoms with Gasteiger partial charge in [-0.1, -0.05) is 0 Å². The van der Waals surface area contributed by atoms with Crippen molar-refractivity contribution in [3.63, 3.8) is 0 Å². The number of amides is 1. The van der Waals surface area contributed by atoms with Gasteiger partial charge in [0.2, 0.25) is 0 Å². The SMILES string of the molecule is COC(=O)C1=C(NC(C)C)C(=O)NNC1(O)C(F)(F)F. The van der Waals surface area contributed by atoms with Crippen LogP contribution in [0.1, 0.15) is 13.8 Å². The maximum absolute atomic E-state index is 13.0. The summed E-state index contributed by atoms with van der Waals surface area (Å²) in [4.78, 5) is 23.2. The Labute approximate surface area is 112 Å². The van der Waals surface area contributed by atoms with Crippen LogP contribution in [0.5, 0.6) is 0 Å². The lowest BCUT2D eigenvalue weighted by atomic mass is 9.97. The summed E-state index contributed by atoms with van der Waals surface area (Å²) in [7, 11) is 0.839. The largest absolute Gasteiger partial charge is 0.465 e. The number of hydrogen-bond donors (Lipinski definition) is 4. The van der Waals surface area contributed by atoms with Crippen molar-refractivity contribution < 1.29 is 32.6 Å². The zero-order chi connectivity index (χ0) is 15.7. The molecule has 0 aliphatic carbocycles. The highest BCUT2D eigenvalue weighted by molar-refractivity contribution is 6.04. The van der Waals surface area contributed by atoms with Gasteiger partial charge in [0, 0.05) is 6.04 Å². The number of carbonyl (C=O) groups excluding carboxylic acids is 2. The van der Waals surface area contributed by atoms with Crippen LogP contribution in [0, 0.1) is 0 Å². The third kappa shape index (κ3) is 2.70. The van der Waals surface area contributed by atoms with Gasteiger partial charge in [0.15, 0.2) is 0 Å². The van der Waals surface area contributed by atoms with Crippen LogP contribution >= 0.6 is 0 Å². The predicted molar refractivity (Wildman–Crippen MR) is 59.6 cm³/mol. The second kappa shape index (κ2) is 5.29. The number of esters is 1. The Morgan fingerprint density at radius 3 is 2.40 bits per heavy atom. The number of hydrazine groups is 1. The second-order valence-electron chi connectivity index (χ2n) is 4.33. The molecule has 7 nitrogen and oxygen atoms in total. The molecule has 0 radical (unpaired) electrons. The molecule has 1 amide bonds. The number of carbonyl (C=O) groups is 2. The molecule has 1 aliphatic heterocycles. The first-order valence-electron chi connectivity index (χ1n) is 5.50. The molecule has 1 heterocycles. The second-order valence-corrected chi connectivity index (χ2v) is 4.33. The molecule has 1 unspecified atom stereocenters. The van der Waals surface area contributed by atoms with Gasteiger partial charge in [-0.2, -0.15) is 18.6 Å². The number of halogens is 3. The minimum Gasteiger partial charge on any atom is -0.465 e. The number of nitrogens with one attached hydrogen (secondary N) is 3. The van der Waals surface area contributed by atoms with Gasteiger partial charge in [0.05, 0.1) is 7.11 Å². The Balaban J connectivity index is 3.52. The molecule has 0 spiro atoms. The van der Waals surface area contributed by atoms with Crippen LogP contribution in [-0.4, -0.2) is 42.0 Å². The van der Waals surface area contributed by atoms with Gasteiger partial charge in [0.1, 0.15) is 11.3 Å². The molecule has 1 aliphatic rings. The van der Waals surface area contributed by atoms with Gasteiger partial charge in [-0.3, -0.25) is 10.2 Å². The van der Waals surface area contributed by atoms with Crippen molar-refractivity contribution in [2.45, 2.75) is 31.8 Å². The minimum atomic E-state index is -5.26. The fraction of sp³-hybridized carbons (Fsp3) is 0.600. The number of rotatable bonds is 3. The van der Waals surface area contributed by atoms with Crippen LogP contribution in [0.25, 0.3) is 0 Å². The Kier molecular flexibility index (Phi) is 4.30. The highest BCUT2D eigenvalue weighted by Gasteiger charge is 2.62. The number of hydrogen-bond acceptors (Lipinski definition) is 6. The van der Waals surface area contributed by atoms with Crippen LogP contribution in [-0.2, 0) is 14.3 Å². The normalized spacial score (nSPS) is 23.7. The van der Waals surface area contributed by atoms with Crippen molar-refractivity contribution in [2.75, 3.05) is 7.11 Å². The summed E-state index contributed by atoms with van der Waals surface area (Å²) < 4.78 is 43.2. The van der Waals surface area contributed by atoms with E-state index in [1.165, 1.54) is 5.43 Å². The maximum Gasteiger partial charge on any atom is 0.437 e. The predicted octanol–water partition coefficient (Wildman–Crippen LogP) is -0.703. The van der Waals surface area contributed by atoms with Crippen LogP contribution in [0.15, 0.2) is 11.3 Å². The van der Waals surface area contributed by atoms with E-state index in [2.05, 4.69) is 10.1 Å². The topological polar surface area (TPSA) is 99.7 Å². The summed E-state index contributed by atoms with van der Waals surface area (Å²) in [5.74, 6) is -2.50. The van der Waals surface area contributed by atoms with Crippen molar-refractivity contribution in [1.29, 1.82) is 0 Å². The molecule has 4 N–H and O–H groups in total. The van der Waals surface area contributed by atoms with Crippen molar-refractivity contribution >= 4 is 11.9 Å². The number of ether oxygens (including phenoxy) is 1. The van der Waals surface area contributed by atoms with E-state index in [4.69, 9.17) is 0 Å². The smallest absolute Gasteiger partial charge is 0.437 e. The lowest BCUT2D eigenvalue weighted by molar-refractivity contribution is -0.262. The van der Waals surface area contributed by atoms with E-state index in [1.807, 2.05) is 0 Å². The number of aliphatic hydroxyl groups is 1. The fourth-order valence-corrected chi connectivity index (χ4v) is 1.56. The Morgan fingerprint density at radius 2 is 2.00 bits per heavy atom. The van der Waals surface area contributed by atoms with E-state index in [-0.39, 0.29) is 0 Å². The fourth-order valence-electron chi connectivity index (χ4n) is 1.56. The third-order valence-corrected chi connectivity index (χ3v) is 2.43. The van der Waals surface area contributed by atoms with E-state index in [0.29, 0.717) is 0 Å². The quantitative estimate of drug-likeness (QED) is 0.514. The number of methoxy groups -OCH3 is 1. The zero-order valence-electron chi connectivity index (χ0n) is 10.9. The van der Waals surface area contributed by atoms with Gasteiger partial charge >= 0.3 is 12.1 Å². The molecule has 1 atom stereocenters. The summed E-state index contributed by atoms with van der Waals surface area (Å²) in [5.41, 5.74) is -2.65. The summed E-state index contributed by atoms with van der Waals surface area (Å²) in [6.07, 6.45) is -5.26. The van der Waals surface area contributed by atoms with Crippen molar-refractivity contribution in [2.24, 2.45) is 0 Å². The first kappa shape index (κ1) is 16.2. The van der Waals surface area contributed by atoms with Crippen molar-refractivity contribution in [3.05, 3.63) is 11.3 Å². The standard InChI is InChI=1S/C10H14F3N3O4/c1-4(2)14-6-5(8(18)20-3)9(19,10(11,12)13)16-15-7(6)17/h4,14,16,19H,1-3H3,(H,15,17). The summed E-state index contributed by atoms with van der Waals surface area (Å²) >= 11 is 0. The molecule has 10 heteroatoms. The highest BCUT2D eigenvalue weighted by atomic mass is 19.4. The van der Waals surface area contributed by atoms with E-state index >= 15 is 0 Å². The molecule has 0 aromatic heterocycles. The monoisotopic (exact) mass is 297 g/mol. The summed E-state index contributed by atoms with van der Waals surface area (Å²) in [6, 6.07) is -0.453. The molecular weight excluding hydrogens is 283 g/mol. The molecular formula is C10H14F3N3O4. The number of alkyl halides is 3. The molecule has 114 valence electrons. The van der Waals surface area contributed by atoms with Gasteiger partial charge in [-0.15, -0.1) is 0 Å². The minimum absolute atomic E-state index is 0.453. The van der Waals surface area contributed by atoms with Crippen LogP contribution in [0.2, 0.25) is 0 Å². The van der Waals surface area contributed by atoms with E-state index in [1.54, 1.807) is 19.3 Å². The van der Waals surface area contributed by atoms with E-state index in [0.717, 1.165) is 7.11 Å². The Morgan fingerprint density at radius 1 is 1.45 bits per heavy atom. The molecule has 20 heavy (non-hydrogen) atoms.